The van der Waals surface area contributed by atoms with Crippen LogP contribution in [0.4, 0.5) is 6.01 Å². The summed E-state index contributed by atoms with van der Waals surface area (Å²) in [5.74, 6) is 0. The molecule has 0 fully saturated rings. The van der Waals surface area contributed by atoms with Gasteiger partial charge in [0.2, 0.25) is 0 Å². The standard InChI is InChI=1S/C9H16N2O2/c1-3-4-5-11(2)9-10-8(6-12)7-13-9/h7,12H,3-6H2,1-2H3. The summed E-state index contributed by atoms with van der Waals surface area (Å²) in [6.07, 6.45) is 3.75. The topological polar surface area (TPSA) is 49.5 Å². The summed E-state index contributed by atoms with van der Waals surface area (Å²) >= 11 is 0. The molecule has 0 saturated carbocycles. The molecule has 4 nitrogen and oxygen atoms in total. The van der Waals surface area contributed by atoms with Crippen LogP contribution in [0.1, 0.15) is 25.5 Å². The Balaban J connectivity index is 2.50. The fourth-order valence-electron chi connectivity index (χ4n) is 1.04. The van der Waals surface area contributed by atoms with Gasteiger partial charge in [-0.3, -0.25) is 0 Å². The van der Waals surface area contributed by atoms with E-state index < -0.39 is 0 Å². The highest BCUT2D eigenvalue weighted by atomic mass is 16.4. The number of anilines is 1. The van der Waals surface area contributed by atoms with Gasteiger partial charge < -0.3 is 14.4 Å². The van der Waals surface area contributed by atoms with Gasteiger partial charge in [0.15, 0.2) is 0 Å². The summed E-state index contributed by atoms with van der Waals surface area (Å²) in [7, 11) is 1.93. The molecule has 0 aliphatic rings. The van der Waals surface area contributed by atoms with E-state index in [1.807, 2.05) is 11.9 Å². The van der Waals surface area contributed by atoms with E-state index in [2.05, 4.69) is 11.9 Å². The normalized spacial score (nSPS) is 10.4. The van der Waals surface area contributed by atoms with Crippen molar-refractivity contribution in [3.8, 4) is 0 Å². The third kappa shape index (κ3) is 2.73. The lowest BCUT2D eigenvalue weighted by Crippen LogP contribution is -2.18. The van der Waals surface area contributed by atoms with Crippen LogP contribution in [0.5, 0.6) is 0 Å². The quantitative estimate of drug-likeness (QED) is 0.751. The average molecular weight is 184 g/mol. The minimum atomic E-state index is -0.0644. The molecule has 4 heteroatoms. The van der Waals surface area contributed by atoms with Crippen LogP contribution in [0.25, 0.3) is 0 Å². The van der Waals surface area contributed by atoms with Gasteiger partial charge in [0.05, 0.1) is 6.61 Å². The fourth-order valence-corrected chi connectivity index (χ4v) is 1.04. The molecule has 0 aliphatic heterocycles. The lowest BCUT2D eigenvalue weighted by molar-refractivity contribution is 0.276. The minimum absolute atomic E-state index is 0.0644. The van der Waals surface area contributed by atoms with Crippen molar-refractivity contribution >= 4 is 6.01 Å². The number of unbranched alkanes of at least 4 members (excludes halogenated alkanes) is 1. The van der Waals surface area contributed by atoms with E-state index in [1.165, 1.54) is 6.26 Å². The van der Waals surface area contributed by atoms with E-state index in [0.29, 0.717) is 11.7 Å². The van der Waals surface area contributed by atoms with Crippen LogP contribution in [0.3, 0.4) is 0 Å². The van der Waals surface area contributed by atoms with E-state index in [4.69, 9.17) is 9.52 Å². The van der Waals surface area contributed by atoms with Crippen molar-refractivity contribution in [1.82, 2.24) is 4.98 Å². The van der Waals surface area contributed by atoms with Gasteiger partial charge in [0, 0.05) is 13.6 Å². The Morgan fingerprint density at radius 2 is 2.38 bits per heavy atom. The SMILES string of the molecule is CCCCN(C)c1nc(CO)co1. The maximum atomic E-state index is 8.77. The number of hydrogen-bond acceptors (Lipinski definition) is 4. The van der Waals surface area contributed by atoms with E-state index in [-0.39, 0.29) is 6.61 Å². The van der Waals surface area contributed by atoms with Crippen molar-refractivity contribution in [2.75, 3.05) is 18.5 Å². The van der Waals surface area contributed by atoms with E-state index in [1.54, 1.807) is 0 Å². The van der Waals surface area contributed by atoms with E-state index >= 15 is 0 Å². The number of hydrogen-bond donors (Lipinski definition) is 1. The monoisotopic (exact) mass is 184 g/mol. The molecule has 0 amide bonds. The Labute approximate surface area is 78.2 Å². The molecule has 0 saturated heterocycles. The first kappa shape index (κ1) is 10.1. The lowest BCUT2D eigenvalue weighted by atomic mass is 10.3. The molecular formula is C9H16N2O2. The van der Waals surface area contributed by atoms with Gasteiger partial charge in [-0.05, 0) is 6.42 Å². The number of rotatable bonds is 5. The molecule has 0 aromatic carbocycles. The third-order valence-corrected chi connectivity index (χ3v) is 1.88. The molecule has 0 unspecified atom stereocenters. The lowest BCUT2D eigenvalue weighted by Gasteiger charge is -2.12. The molecule has 74 valence electrons. The van der Waals surface area contributed by atoms with Crippen LogP contribution >= 0.6 is 0 Å². The Hall–Kier alpha value is -1.03. The summed E-state index contributed by atoms with van der Waals surface area (Å²) in [5, 5.41) is 8.77. The van der Waals surface area contributed by atoms with Gasteiger partial charge in [-0.25, -0.2) is 0 Å². The number of aromatic nitrogens is 1. The molecular weight excluding hydrogens is 168 g/mol. The first-order valence-electron chi connectivity index (χ1n) is 4.54. The van der Waals surface area contributed by atoms with Crippen LogP contribution in [0, 0.1) is 0 Å². The maximum Gasteiger partial charge on any atom is 0.297 e. The number of aliphatic hydroxyl groups excluding tert-OH is 1. The summed E-state index contributed by atoms with van der Waals surface area (Å²) in [5.41, 5.74) is 0.582. The molecule has 13 heavy (non-hydrogen) atoms. The van der Waals surface area contributed by atoms with Crippen molar-refractivity contribution in [2.45, 2.75) is 26.4 Å². The Morgan fingerprint density at radius 1 is 1.62 bits per heavy atom. The Bertz CT molecular complexity index is 248. The molecule has 1 rings (SSSR count). The second-order valence-electron chi connectivity index (χ2n) is 3.05. The van der Waals surface area contributed by atoms with Crippen molar-refractivity contribution in [3.05, 3.63) is 12.0 Å². The first-order chi connectivity index (χ1) is 6.27. The molecule has 1 N–H and O–H groups in total. The van der Waals surface area contributed by atoms with Crippen LogP contribution in [0.15, 0.2) is 10.7 Å². The van der Waals surface area contributed by atoms with Crippen molar-refractivity contribution < 1.29 is 9.52 Å². The number of nitrogens with zero attached hydrogens (tertiary/aromatic N) is 2. The zero-order valence-electron chi connectivity index (χ0n) is 8.16. The third-order valence-electron chi connectivity index (χ3n) is 1.88. The largest absolute Gasteiger partial charge is 0.432 e. The van der Waals surface area contributed by atoms with Crippen LogP contribution in [-0.2, 0) is 6.61 Å². The Kier molecular flexibility index (Phi) is 3.76. The fraction of sp³-hybridized carbons (Fsp3) is 0.667. The van der Waals surface area contributed by atoms with Gasteiger partial charge in [-0.2, -0.15) is 4.98 Å². The molecule has 1 aromatic rings. The predicted octanol–water partition coefficient (Wildman–Crippen LogP) is 1.40. The summed E-state index contributed by atoms with van der Waals surface area (Å²) < 4.78 is 5.17. The highest BCUT2D eigenvalue weighted by Gasteiger charge is 2.07. The van der Waals surface area contributed by atoms with Crippen LogP contribution < -0.4 is 4.90 Å². The van der Waals surface area contributed by atoms with Crippen LogP contribution in [-0.4, -0.2) is 23.7 Å². The molecule has 0 spiro atoms. The summed E-state index contributed by atoms with van der Waals surface area (Å²) in [6.45, 7) is 3.01. The average Bonchev–Trinajstić information content (AvgIpc) is 2.62. The molecule has 0 bridgehead atoms. The number of aliphatic hydroxyl groups is 1. The van der Waals surface area contributed by atoms with Crippen LogP contribution in [0.2, 0.25) is 0 Å². The smallest absolute Gasteiger partial charge is 0.297 e. The molecule has 1 aromatic heterocycles. The highest BCUT2D eigenvalue weighted by molar-refractivity contribution is 5.24. The highest BCUT2D eigenvalue weighted by Crippen LogP contribution is 2.12. The molecule has 1 heterocycles. The zero-order chi connectivity index (χ0) is 9.68. The van der Waals surface area contributed by atoms with Gasteiger partial charge in [-0.15, -0.1) is 0 Å². The van der Waals surface area contributed by atoms with Gasteiger partial charge >= 0.3 is 0 Å². The maximum absolute atomic E-state index is 8.77. The predicted molar refractivity (Wildman–Crippen MR) is 50.6 cm³/mol. The second-order valence-corrected chi connectivity index (χ2v) is 3.05. The summed E-state index contributed by atoms with van der Waals surface area (Å²) in [4.78, 5) is 6.04. The minimum Gasteiger partial charge on any atom is -0.432 e. The second kappa shape index (κ2) is 4.87. The van der Waals surface area contributed by atoms with E-state index in [0.717, 1.165) is 19.4 Å². The van der Waals surface area contributed by atoms with E-state index in [9.17, 15) is 0 Å². The molecule has 0 aliphatic carbocycles. The first-order valence-corrected chi connectivity index (χ1v) is 4.54. The number of oxazole rings is 1. The van der Waals surface area contributed by atoms with Crippen molar-refractivity contribution in [2.24, 2.45) is 0 Å². The van der Waals surface area contributed by atoms with Gasteiger partial charge in [0.25, 0.3) is 6.01 Å². The van der Waals surface area contributed by atoms with Gasteiger partial charge in [0.1, 0.15) is 12.0 Å². The summed E-state index contributed by atoms with van der Waals surface area (Å²) in [6, 6.07) is 0.581. The van der Waals surface area contributed by atoms with Crippen molar-refractivity contribution in [1.29, 1.82) is 0 Å². The zero-order valence-corrected chi connectivity index (χ0v) is 8.16. The van der Waals surface area contributed by atoms with Gasteiger partial charge in [-0.1, -0.05) is 13.3 Å². The molecule has 0 radical (unpaired) electrons. The molecule has 0 atom stereocenters. The Morgan fingerprint density at radius 3 is 2.92 bits per heavy atom. The van der Waals surface area contributed by atoms with Crippen molar-refractivity contribution in [3.63, 3.8) is 0 Å².